The minimum Gasteiger partial charge on any atom is -0.232 e. The summed E-state index contributed by atoms with van der Waals surface area (Å²) in [5.74, 6) is 0. The summed E-state index contributed by atoms with van der Waals surface area (Å²) in [4.78, 5) is 4.35. The highest BCUT2D eigenvalue weighted by Gasteiger charge is 2.03. The van der Waals surface area contributed by atoms with Gasteiger partial charge in [-0.15, -0.1) is 0 Å². The Morgan fingerprint density at radius 2 is 1.71 bits per heavy atom. The molecule has 0 radical (unpaired) electrons. The summed E-state index contributed by atoms with van der Waals surface area (Å²) in [5.41, 5.74) is 4.11. The van der Waals surface area contributed by atoms with E-state index in [0.717, 1.165) is 22.7 Å². The highest BCUT2D eigenvalue weighted by Crippen LogP contribution is 2.08. The van der Waals surface area contributed by atoms with Crippen LogP contribution in [0.5, 0.6) is 0 Å². The van der Waals surface area contributed by atoms with Gasteiger partial charge in [-0.25, -0.2) is 9.50 Å². The van der Waals surface area contributed by atoms with Crippen molar-refractivity contribution in [2.75, 3.05) is 0 Å². The van der Waals surface area contributed by atoms with E-state index in [-0.39, 0.29) is 0 Å². The molecule has 2 aromatic rings. The summed E-state index contributed by atoms with van der Waals surface area (Å²) in [6.45, 7) is 10.0. The smallest absolute Gasteiger partial charge is 0.154 e. The second-order valence-corrected chi connectivity index (χ2v) is 3.03. The Morgan fingerprint density at radius 3 is 2.36 bits per heavy atom. The number of aryl methyl sites for hydroxylation is 3. The van der Waals surface area contributed by atoms with Crippen LogP contribution in [0.25, 0.3) is 5.65 Å². The largest absolute Gasteiger partial charge is 0.232 e. The molecule has 0 fully saturated rings. The molecule has 0 bridgehead atoms. The van der Waals surface area contributed by atoms with Crippen molar-refractivity contribution in [3.05, 3.63) is 29.2 Å². The molecule has 0 unspecified atom stereocenters. The van der Waals surface area contributed by atoms with Gasteiger partial charge in [-0.2, -0.15) is 5.10 Å². The zero-order valence-electron chi connectivity index (χ0n) is 9.50. The van der Waals surface area contributed by atoms with Crippen molar-refractivity contribution in [2.24, 2.45) is 0 Å². The van der Waals surface area contributed by atoms with E-state index in [1.807, 2.05) is 51.3 Å². The maximum atomic E-state index is 4.35. The van der Waals surface area contributed by atoms with Crippen molar-refractivity contribution in [1.82, 2.24) is 14.6 Å². The molecule has 0 N–H and O–H groups in total. The van der Waals surface area contributed by atoms with Crippen LogP contribution in [-0.4, -0.2) is 14.6 Å². The van der Waals surface area contributed by atoms with Gasteiger partial charge in [0.05, 0.1) is 17.1 Å². The summed E-state index contributed by atoms with van der Waals surface area (Å²) in [7, 11) is 0. The van der Waals surface area contributed by atoms with Crippen molar-refractivity contribution in [3.8, 4) is 0 Å². The molecule has 3 nitrogen and oxygen atoms in total. The van der Waals surface area contributed by atoms with Crippen LogP contribution in [0.4, 0.5) is 0 Å². The van der Waals surface area contributed by atoms with E-state index >= 15 is 0 Å². The first-order valence-electron chi connectivity index (χ1n) is 4.98. The van der Waals surface area contributed by atoms with Gasteiger partial charge in [0.2, 0.25) is 0 Å². The highest BCUT2D eigenvalue weighted by molar-refractivity contribution is 5.41. The highest BCUT2D eigenvalue weighted by atomic mass is 15.3. The molecule has 2 rings (SSSR count). The van der Waals surface area contributed by atoms with Crippen LogP contribution < -0.4 is 0 Å². The van der Waals surface area contributed by atoms with Crippen molar-refractivity contribution < 1.29 is 0 Å². The van der Waals surface area contributed by atoms with E-state index in [4.69, 9.17) is 0 Å². The molecule has 0 amide bonds. The van der Waals surface area contributed by atoms with Gasteiger partial charge >= 0.3 is 0 Å². The Morgan fingerprint density at radius 1 is 1.07 bits per heavy atom. The zero-order chi connectivity index (χ0) is 10.7. The molecule has 0 spiro atoms. The molecular weight excluding hydrogens is 174 g/mol. The minimum atomic E-state index is 0.926. The standard InChI is InChI=1S/C9H11N3.C2H6/c1-6-4-5-9-10-7(2)8(3)12(9)11-6;1-2/h4-5H,1-3H3;1-2H3. The molecule has 0 saturated heterocycles. The molecule has 3 heteroatoms. The van der Waals surface area contributed by atoms with Crippen LogP contribution in [0.3, 0.4) is 0 Å². The lowest BCUT2D eigenvalue weighted by atomic mass is 10.4. The van der Waals surface area contributed by atoms with Gasteiger partial charge in [0.1, 0.15) is 0 Å². The normalized spacial score (nSPS) is 9.79. The van der Waals surface area contributed by atoms with Gasteiger partial charge in [0.15, 0.2) is 5.65 Å². The van der Waals surface area contributed by atoms with Crippen LogP contribution in [0, 0.1) is 20.8 Å². The Bertz CT molecular complexity index is 429. The van der Waals surface area contributed by atoms with Gasteiger partial charge in [-0.3, -0.25) is 0 Å². The molecule has 2 heterocycles. The maximum Gasteiger partial charge on any atom is 0.154 e. The number of rotatable bonds is 0. The van der Waals surface area contributed by atoms with Gasteiger partial charge in [-0.1, -0.05) is 13.8 Å². The summed E-state index contributed by atoms with van der Waals surface area (Å²) >= 11 is 0. The monoisotopic (exact) mass is 191 g/mol. The topological polar surface area (TPSA) is 30.2 Å². The lowest BCUT2D eigenvalue weighted by Crippen LogP contribution is -1.95. The van der Waals surface area contributed by atoms with Crippen LogP contribution >= 0.6 is 0 Å². The van der Waals surface area contributed by atoms with Crippen molar-refractivity contribution in [1.29, 1.82) is 0 Å². The number of fused-ring (bicyclic) bond motifs is 1. The van der Waals surface area contributed by atoms with E-state index in [0.29, 0.717) is 0 Å². The Kier molecular flexibility index (Phi) is 3.23. The first kappa shape index (κ1) is 10.7. The third-order valence-corrected chi connectivity index (χ3v) is 2.07. The molecule has 0 aliphatic carbocycles. The molecule has 0 aromatic carbocycles. The van der Waals surface area contributed by atoms with Gasteiger partial charge in [-0.05, 0) is 32.9 Å². The number of imidazole rings is 1. The van der Waals surface area contributed by atoms with E-state index in [9.17, 15) is 0 Å². The second kappa shape index (κ2) is 4.22. The van der Waals surface area contributed by atoms with E-state index in [1.165, 1.54) is 0 Å². The molecule has 0 saturated carbocycles. The predicted octanol–water partition coefficient (Wildman–Crippen LogP) is 2.68. The second-order valence-electron chi connectivity index (χ2n) is 3.03. The molecule has 0 aliphatic rings. The van der Waals surface area contributed by atoms with E-state index in [2.05, 4.69) is 10.1 Å². The summed E-state index contributed by atoms with van der Waals surface area (Å²) in [6.07, 6.45) is 0. The van der Waals surface area contributed by atoms with Crippen LogP contribution in [0.1, 0.15) is 30.9 Å². The molecule has 2 aromatic heterocycles. The summed E-state index contributed by atoms with van der Waals surface area (Å²) in [6, 6.07) is 3.96. The zero-order valence-corrected chi connectivity index (χ0v) is 9.50. The lowest BCUT2D eigenvalue weighted by Gasteiger charge is -1.95. The Hall–Kier alpha value is -1.38. The third-order valence-electron chi connectivity index (χ3n) is 2.07. The fourth-order valence-electron chi connectivity index (χ4n) is 1.25. The lowest BCUT2D eigenvalue weighted by molar-refractivity contribution is 0.867. The average molecular weight is 191 g/mol. The van der Waals surface area contributed by atoms with Crippen molar-refractivity contribution in [3.63, 3.8) is 0 Å². The number of aromatic nitrogens is 3. The summed E-state index contributed by atoms with van der Waals surface area (Å²) < 4.78 is 1.88. The first-order chi connectivity index (χ1) is 6.68. The number of hydrogen-bond donors (Lipinski definition) is 0. The number of hydrogen-bond acceptors (Lipinski definition) is 2. The van der Waals surface area contributed by atoms with E-state index in [1.54, 1.807) is 0 Å². The predicted molar refractivity (Wildman–Crippen MR) is 58.5 cm³/mol. The fourth-order valence-corrected chi connectivity index (χ4v) is 1.25. The van der Waals surface area contributed by atoms with Crippen molar-refractivity contribution in [2.45, 2.75) is 34.6 Å². The Balaban J connectivity index is 0.000000461. The number of nitrogens with zero attached hydrogens (tertiary/aromatic N) is 3. The molecule has 0 aliphatic heterocycles. The average Bonchev–Trinajstić information content (AvgIpc) is 2.48. The molecular formula is C11H17N3. The van der Waals surface area contributed by atoms with Crippen LogP contribution in [0.2, 0.25) is 0 Å². The maximum absolute atomic E-state index is 4.35. The van der Waals surface area contributed by atoms with Crippen LogP contribution in [-0.2, 0) is 0 Å². The quantitative estimate of drug-likeness (QED) is 0.641. The molecule has 0 atom stereocenters. The third kappa shape index (κ3) is 1.76. The fraction of sp³-hybridized carbons (Fsp3) is 0.455. The first-order valence-corrected chi connectivity index (χ1v) is 4.98. The molecule has 14 heavy (non-hydrogen) atoms. The Labute approximate surface area is 84.8 Å². The van der Waals surface area contributed by atoms with Gasteiger partial charge < -0.3 is 0 Å². The summed E-state index contributed by atoms with van der Waals surface area (Å²) in [5, 5.41) is 4.35. The van der Waals surface area contributed by atoms with E-state index < -0.39 is 0 Å². The SMILES string of the molecule is CC.Cc1ccc2nc(C)c(C)n2n1. The van der Waals surface area contributed by atoms with Gasteiger partial charge in [0.25, 0.3) is 0 Å². The van der Waals surface area contributed by atoms with Gasteiger partial charge in [0, 0.05) is 0 Å². The van der Waals surface area contributed by atoms with Crippen molar-refractivity contribution >= 4 is 5.65 Å². The minimum absolute atomic E-state index is 0.926. The molecule has 76 valence electrons. The van der Waals surface area contributed by atoms with Crippen LogP contribution in [0.15, 0.2) is 12.1 Å².